The smallest absolute Gasteiger partial charge is 0.266 e. The lowest BCUT2D eigenvalue weighted by Gasteiger charge is -2.07. The van der Waals surface area contributed by atoms with E-state index in [0.717, 1.165) is 17.7 Å². The summed E-state index contributed by atoms with van der Waals surface area (Å²) in [5.41, 5.74) is 1.23. The quantitative estimate of drug-likeness (QED) is 0.257. The molecule has 0 bridgehead atoms. The minimum atomic E-state index is -0.496. The van der Waals surface area contributed by atoms with Crippen molar-refractivity contribution in [2.45, 2.75) is 45.4 Å². The van der Waals surface area contributed by atoms with E-state index in [1.807, 2.05) is 30.3 Å². The van der Waals surface area contributed by atoms with E-state index in [1.165, 1.54) is 32.1 Å². The zero-order valence-corrected chi connectivity index (χ0v) is 17.5. The molecule has 29 heavy (non-hydrogen) atoms. The molecule has 0 saturated carbocycles. The van der Waals surface area contributed by atoms with Crippen molar-refractivity contribution in [1.29, 1.82) is 5.26 Å². The summed E-state index contributed by atoms with van der Waals surface area (Å²) in [5, 5.41) is 12.4. The Hall–Kier alpha value is -2.77. The van der Waals surface area contributed by atoms with Gasteiger partial charge in [0.2, 0.25) is 0 Å². The van der Waals surface area contributed by atoms with Crippen molar-refractivity contribution in [3.63, 3.8) is 0 Å². The van der Waals surface area contributed by atoms with Crippen LogP contribution >= 0.6 is 11.6 Å². The zero-order valence-electron chi connectivity index (χ0n) is 16.8. The van der Waals surface area contributed by atoms with E-state index in [2.05, 4.69) is 12.2 Å². The molecule has 0 saturated heterocycles. The fraction of sp³-hybridized carbons (Fsp3) is 0.333. The summed E-state index contributed by atoms with van der Waals surface area (Å²) < 4.78 is 5.76. The lowest BCUT2D eigenvalue weighted by molar-refractivity contribution is -0.112. The first-order valence-corrected chi connectivity index (χ1v) is 10.4. The van der Waals surface area contributed by atoms with Crippen LogP contribution in [0.4, 0.5) is 5.69 Å². The minimum absolute atomic E-state index is 0.00525. The van der Waals surface area contributed by atoms with Gasteiger partial charge in [-0.05, 0) is 42.3 Å². The van der Waals surface area contributed by atoms with E-state index in [-0.39, 0.29) is 5.57 Å². The molecule has 152 valence electrons. The zero-order chi connectivity index (χ0) is 20.9. The summed E-state index contributed by atoms with van der Waals surface area (Å²) in [5.74, 6) is 0.290. The molecule has 1 N–H and O–H groups in total. The van der Waals surface area contributed by atoms with Gasteiger partial charge in [0.15, 0.2) is 0 Å². The van der Waals surface area contributed by atoms with Crippen molar-refractivity contribution in [1.82, 2.24) is 0 Å². The van der Waals surface area contributed by atoms with E-state index in [0.29, 0.717) is 17.3 Å². The average molecular weight is 411 g/mol. The van der Waals surface area contributed by atoms with Crippen molar-refractivity contribution in [3.05, 3.63) is 64.7 Å². The van der Waals surface area contributed by atoms with Gasteiger partial charge in [-0.1, -0.05) is 74.9 Å². The van der Waals surface area contributed by atoms with E-state index < -0.39 is 5.91 Å². The summed E-state index contributed by atoms with van der Waals surface area (Å²) >= 11 is 6.05. The van der Waals surface area contributed by atoms with Gasteiger partial charge in [0.25, 0.3) is 5.91 Å². The van der Waals surface area contributed by atoms with Crippen molar-refractivity contribution in [2.24, 2.45) is 0 Å². The molecular formula is C24H27ClN2O2. The molecule has 0 atom stereocenters. The molecule has 0 aliphatic carbocycles. The first-order valence-electron chi connectivity index (χ1n) is 10.0. The summed E-state index contributed by atoms with van der Waals surface area (Å²) in [6.07, 6.45) is 8.89. The molecule has 2 aromatic rings. The highest BCUT2D eigenvalue weighted by Gasteiger charge is 2.11. The molecular weight excluding hydrogens is 384 g/mol. The Bertz CT molecular complexity index is 854. The van der Waals surface area contributed by atoms with Gasteiger partial charge in [0.1, 0.15) is 17.4 Å². The van der Waals surface area contributed by atoms with Crippen LogP contribution in [0.25, 0.3) is 6.08 Å². The maximum Gasteiger partial charge on any atom is 0.266 e. The third kappa shape index (κ3) is 8.01. The number of ether oxygens (including phenoxy) is 1. The highest BCUT2D eigenvalue weighted by atomic mass is 35.5. The number of nitriles is 1. The fourth-order valence-electron chi connectivity index (χ4n) is 2.80. The number of hydrogen-bond acceptors (Lipinski definition) is 3. The van der Waals surface area contributed by atoms with Crippen LogP contribution in [-0.2, 0) is 4.79 Å². The number of carbonyl (C=O) groups is 1. The number of amides is 1. The Labute approximate surface area is 178 Å². The summed E-state index contributed by atoms with van der Waals surface area (Å²) in [7, 11) is 0. The largest absolute Gasteiger partial charge is 0.494 e. The molecule has 2 aromatic carbocycles. The standard InChI is InChI=1S/C24H27ClN2O2/c1-2-3-4-5-6-9-16-29-21-14-12-19(13-15-21)17-20(18-26)24(28)27-23-11-8-7-10-22(23)25/h7-8,10-15,17H,2-6,9,16H2,1H3,(H,27,28). The Morgan fingerprint density at radius 2 is 1.76 bits per heavy atom. The van der Waals surface area contributed by atoms with Crippen LogP contribution < -0.4 is 10.1 Å². The maximum atomic E-state index is 12.4. The van der Waals surface area contributed by atoms with Crippen LogP contribution in [0.15, 0.2) is 54.1 Å². The first-order chi connectivity index (χ1) is 14.1. The van der Waals surface area contributed by atoms with Gasteiger partial charge in [-0.15, -0.1) is 0 Å². The molecule has 0 radical (unpaired) electrons. The number of nitrogens with one attached hydrogen (secondary N) is 1. The average Bonchev–Trinajstić information content (AvgIpc) is 2.74. The Kier molecular flexibility index (Phi) is 9.82. The summed E-state index contributed by atoms with van der Waals surface area (Å²) in [4.78, 5) is 12.4. The lowest BCUT2D eigenvalue weighted by Crippen LogP contribution is -2.13. The van der Waals surface area contributed by atoms with Gasteiger partial charge in [-0.3, -0.25) is 4.79 Å². The van der Waals surface area contributed by atoms with Crippen LogP contribution in [0.1, 0.15) is 51.0 Å². The van der Waals surface area contributed by atoms with Gasteiger partial charge in [-0.2, -0.15) is 5.26 Å². The van der Waals surface area contributed by atoms with Crippen LogP contribution in [-0.4, -0.2) is 12.5 Å². The molecule has 0 aliphatic rings. The number of unbranched alkanes of at least 4 members (excludes halogenated alkanes) is 5. The molecule has 0 fully saturated rings. The van der Waals surface area contributed by atoms with Crippen LogP contribution in [0, 0.1) is 11.3 Å². The van der Waals surface area contributed by atoms with Gasteiger partial charge >= 0.3 is 0 Å². The van der Waals surface area contributed by atoms with Gasteiger partial charge in [-0.25, -0.2) is 0 Å². The Balaban J connectivity index is 1.87. The summed E-state index contributed by atoms with van der Waals surface area (Å²) in [6, 6.07) is 16.2. The minimum Gasteiger partial charge on any atom is -0.494 e. The first kappa shape index (κ1) is 22.5. The second-order valence-corrected chi connectivity index (χ2v) is 7.20. The molecule has 0 aromatic heterocycles. The lowest BCUT2D eigenvalue weighted by atomic mass is 10.1. The van der Waals surface area contributed by atoms with E-state index in [1.54, 1.807) is 30.3 Å². The molecule has 1 amide bonds. The number of hydrogen-bond donors (Lipinski definition) is 1. The highest BCUT2D eigenvalue weighted by molar-refractivity contribution is 6.34. The van der Waals surface area contributed by atoms with Crippen molar-refractivity contribution < 1.29 is 9.53 Å². The third-order valence-electron chi connectivity index (χ3n) is 4.44. The van der Waals surface area contributed by atoms with E-state index in [4.69, 9.17) is 16.3 Å². The number of halogens is 1. The fourth-order valence-corrected chi connectivity index (χ4v) is 2.98. The second-order valence-electron chi connectivity index (χ2n) is 6.79. The van der Waals surface area contributed by atoms with E-state index in [9.17, 15) is 10.1 Å². The predicted molar refractivity (Wildman–Crippen MR) is 119 cm³/mol. The number of nitrogens with zero attached hydrogens (tertiary/aromatic N) is 1. The normalized spacial score (nSPS) is 11.0. The summed E-state index contributed by atoms with van der Waals surface area (Å²) in [6.45, 7) is 2.91. The molecule has 0 heterocycles. The molecule has 0 aliphatic heterocycles. The third-order valence-corrected chi connectivity index (χ3v) is 4.77. The highest BCUT2D eigenvalue weighted by Crippen LogP contribution is 2.21. The Morgan fingerprint density at radius 3 is 2.45 bits per heavy atom. The van der Waals surface area contributed by atoms with Crippen molar-refractivity contribution >= 4 is 29.3 Å². The number of para-hydroxylation sites is 1. The SMILES string of the molecule is CCCCCCCCOc1ccc(C=C(C#N)C(=O)Nc2ccccc2Cl)cc1. The predicted octanol–water partition coefficient (Wildman–Crippen LogP) is 6.62. The van der Waals surface area contributed by atoms with Gasteiger partial charge in [0.05, 0.1) is 17.3 Å². The van der Waals surface area contributed by atoms with Gasteiger partial charge in [0, 0.05) is 0 Å². The molecule has 4 nitrogen and oxygen atoms in total. The second kappa shape index (κ2) is 12.6. The van der Waals surface area contributed by atoms with Gasteiger partial charge < -0.3 is 10.1 Å². The number of benzene rings is 2. The molecule has 2 rings (SSSR count). The van der Waals surface area contributed by atoms with Crippen LogP contribution in [0.5, 0.6) is 5.75 Å². The van der Waals surface area contributed by atoms with Crippen molar-refractivity contribution in [3.8, 4) is 11.8 Å². The molecule has 5 heteroatoms. The topological polar surface area (TPSA) is 62.1 Å². The van der Waals surface area contributed by atoms with Crippen LogP contribution in [0.3, 0.4) is 0 Å². The Morgan fingerprint density at radius 1 is 1.07 bits per heavy atom. The van der Waals surface area contributed by atoms with E-state index >= 15 is 0 Å². The number of carbonyl (C=O) groups excluding carboxylic acids is 1. The number of anilines is 1. The van der Waals surface area contributed by atoms with Crippen LogP contribution in [0.2, 0.25) is 5.02 Å². The maximum absolute atomic E-state index is 12.4. The molecule has 0 spiro atoms. The monoisotopic (exact) mass is 410 g/mol. The molecule has 0 unspecified atom stereocenters. The number of rotatable bonds is 11. The van der Waals surface area contributed by atoms with Crippen molar-refractivity contribution in [2.75, 3.05) is 11.9 Å².